The smallest absolute Gasteiger partial charge is 0.341 e. The van der Waals surface area contributed by atoms with Crippen LogP contribution >= 0.6 is 0 Å². The summed E-state index contributed by atoms with van der Waals surface area (Å²) >= 11 is 4.60. The van der Waals surface area contributed by atoms with Gasteiger partial charge in [0.05, 0.1) is 7.11 Å². The molecule has 1 unspecified atom stereocenters. The zero-order chi connectivity index (χ0) is 11.5. The number of rotatable bonds is 3. The van der Waals surface area contributed by atoms with Gasteiger partial charge in [-0.2, -0.15) is 0 Å². The average molecular weight is 246 g/mol. The Kier molecular flexibility index (Phi) is 3.65. The van der Waals surface area contributed by atoms with Crippen LogP contribution in [0.1, 0.15) is 10.4 Å². The number of methoxy groups -OCH3 is 1. The van der Waals surface area contributed by atoms with E-state index in [1.54, 1.807) is 12.1 Å². The summed E-state index contributed by atoms with van der Waals surface area (Å²) in [5, 5.41) is 0. The molecule has 15 heavy (non-hydrogen) atoms. The molecule has 0 spiro atoms. The lowest BCUT2D eigenvalue weighted by molar-refractivity contribution is 0.0599. The van der Waals surface area contributed by atoms with Gasteiger partial charge >= 0.3 is 5.97 Å². The number of carbonyl (C=O) groups excluding carboxylic acids is 1. The third-order valence-electron chi connectivity index (χ3n) is 1.53. The number of carbonyl (C=O) groups is 1. The molecule has 0 bridgehead atoms. The molecule has 0 aliphatic rings. The molecule has 0 radical (unpaired) electrons. The molecular weight excluding hydrogens is 236 g/mol. The van der Waals surface area contributed by atoms with Crippen LogP contribution in [0.25, 0.3) is 0 Å². The number of para-hydroxylation sites is 1. The molecule has 0 aliphatic carbocycles. The first-order valence-electron chi connectivity index (χ1n) is 4.01. The molecule has 0 fully saturated rings. The maximum Gasteiger partial charge on any atom is 0.341 e. The highest BCUT2D eigenvalue weighted by molar-refractivity contribution is 8.30. The topological polar surface area (TPSA) is 52.6 Å². The predicted molar refractivity (Wildman–Crippen MR) is 59.8 cm³/mol. The van der Waals surface area contributed by atoms with Crippen LogP contribution in [0.4, 0.5) is 0 Å². The lowest BCUT2D eigenvalue weighted by Crippen LogP contribution is -2.09. The predicted octanol–water partition coefficient (Wildman–Crippen LogP) is 1.14. The number of ether oxygens (including phenoxy) is 1. The molecule has 1 atom stereocenters. The second-order valence-corrected chi connectivity index (χ2v) is 6.17. The second-order valence-electron chi connectivity index (χ2n) is 2.78. The molecule has 1 aromatic carbocycles. The van der Waals surface area contributed by atoms with Gasteiger partial charge in [0.2, 0.25) is 0 Å². The lowest BCUT2D eigenvalue weighted by Gasteiger charge is -2.08. The van der Waals surface area contributed by atoms with E-state index >= 15 is 0 Å². The van der Waals surface area contributed by atoms with Gasteiger partial charge in [0.15, 0.2) is 14.5 Å². The van der Waals surface area contributed by atoms with Crippen LogP contribution in [-0.4, -0.2) is 23.5 Å². The van der Waals surface area contributed by atoms with Crippen LogP contribution in [0, 0.1) is 0 Å². The number of benzene rings is 1. The van der Waals surface area contributed by atoms with E-state index in [0.717, 1.165) is 0 Å². The fourth-order valence-electron chi connectivity index (χ4n) is 0.981. The summed E-state index contributed by atoms with van der Waals surface area (Å²) < 4.78 is 20.8. The van der Waals surface area contributed by atoms with E-state index in [2.05, 4.69) is 15.9 Å². The third-order valence-corrected chi connectivity index (χ3v) is 2.22. The van der Waals surface area contributed by atoms with Gasteiger partial charge in [-0.05, 0) is 12.1 Å². The molecule has 1 rings (SSSR count). The number of hydrogen-bond acceptors (Lipinski definition) is 5. The lowest BCUT2D eigenvalue weighted by atomic mass is 10.2. The van der Waals surface area contributed by atoms with Crippen molar-refractivity contribution in [1.29, 1.82) is 0 Å². The Morgan fingerprint density at radius 2 is 2.00 bits per heavy atom. The first kappa shape index (κ1) is 11.9. The van der Waals surface area contributed by atoms with Crippen molar-refractivity contribution >= 4 is 25.9 Å². The Morgan fingerprint density at radius 1 is 1.40 bits per heavy atom. The van der Waals surface area contributed by atoms with Crippen molar-refractivity contribution in [3.63, 3.8) is 0 Å². The Morgan fingerprint density at radius 3 is 2.53 bits per heavy atom. The standard InChI is InChI=1S/C9H10O4S2/c1-12-9(10)7-5-3-4-6-8(7)13-15(2,11)14/h3-6H,1-2H3. The fraction of sp³-hybridized carbons (Fsp3) is 0.222. The van der Waals surface area contributed by atoms with Crippen molar-refractivity contribution in [2.24, 2.45) is 0 Å². The molecule has 0 N–H and O–H groups in total. The highest BCUT2D eigenvalue weighted by Gasteiger charge is 2.14. The van der Waals surface area contributed by atoms with E-state index in [4.69, 9.17) is 4.18 Å². The Hall–Kier alpha value is -1.14. The summed E-state index contributed by atoms with van der Waals surface area (Å²) in [5.74, 6) is -0.379. The van der Waals surface area contributed by atoms with Crippen LogP contribution in [0.15, 0.2) is 24.3 Å². The fourth-order valence-corrected chi connectivity index (χ4v) is 1.67. The molecule has 4 nitrogen and oxygen atoms in total. The Bertz CT molecular complexity index is 465. The van der Waals surface area contributed by atoms with Gasteiger partial charge in [-0.15, -0.1) is 0 Å². The SMILES string of the molecule is COC(=O)c1ccccc1OS(C)(=O)=S. The average Bonchev–Trinajstić information content (AvgIpc) is 2.15. The van der Waals surface area contributed by atoms with E-state index in [9.17, 15) is 9.00 Å². The molecule has 0 aliphatic heterocycles. The van der Waals surface area contributed by atoms with Crippen molar-refractivity contribution in [1.82, 2.24) is 0 Å². The Balaban J connectivity index is 3.13. The molecule has 1 aromatic rings. The molecule has 82 valence electrons. The van der Waals surface area contributed by atoms with E-state index in [1.165, 1.54) is 25.5 Å². The van der Waals surface area contributed by atoms with E-state index in [1.807, 2.05) is 0 Å². The summed E-state index contributed by atoms with van der Waals surface area (Å²) in [6.07, 6.45) is 1.27. The maximum absolute atomic E-state index is 11.3. The normalized spacial score (nSPS) is 14.0. The molecule has 0 aromatic heterocycles. The van der Waals surface area contributed by atoms with Crippen molar-refractivity contribution in [3.8, 4) is 5.75 Å². The van der Waals surface area contributed by atoms with Crippen molar-refractivity contribution in [2.45, 2.75) is 0 Å². The van der Waals surface area contributed by atoms with Gasteiger partial charge in [0, 0.05) is 17.4 Å². The van der Waals surface area contributed by atoms with Crippen molar-refractivity contribution in [3.05, 3.63) is 29.8 Å². The first-order chi connectivity index (χ1) is 6.94. The number of esters is 1. The largest absolute Gasteiger partial charge is 0.465 e. The summed E-state index contributed by atoms with van der Waals surface area (Å²) in [6.45, 7) is 0. The van der Waals surface area contributed by atoms with Gasteiger partial charge in [-0.25, -0.2) is 9.00 Å². The minimum Gasteiger partial charge on any atom is -0.465 e. The maximum atomic E-state index is 11.3. The summed E-state index contributed by atoms with van der Waals surface area (Å²) in [5.41, 5.74) is 0.208. The summed E-state index contributed by atoms with van der Waals surface area (Å²) in [7, 11) is -1.56. The highest BCUT2D eigenvalue weighted by Crippen LogP contribution is 2.20. The van der Waals surface area contributed by atoms with Gasteiger partial charge in [0.1, 0.15) is 5.56 Å². The van der Waals surface area contributed by atoms with Gasteiger partial charge in [0.25, 0.3) is 0 Å². The van der Waals surface area contributed by atoms with E-state index < -0.39 is 14.7 Å². The van der Waals surface area contributed by atoms with Crippen LogP contribution in [0.2, 0.25) is 0 Å². The second kappa shape index (κ2) is 4.59. The summed E-state index contributed by atoms with van der Waals surface area (Å²) in [6, 6.07) is 6.34. The van der Waals surface area contributed by atoms with E-state index in [-0.39, 0.29) is 11.3 Å². The van der Waals surface area contributed by atoms with Crippen LogP contribution in [-0.2, 0) is 24.7 Å². The molecule has 0 saturated heterocycles. The third kappa shape index (κ3) is 3.49. The van der Waals surface area contributed by atoms with Crippen LogP contribution < -0.4 is 4.18 Å². The van der Waals surface area contributed by atoms with Gasteiger partial charge in [-0.3, -0.25) is 0 Å². The quantitative estimate of drug-likeness (QED) is 0.749. The van der Waals surface area contributed by atoms with Crippen LogP contribution in [0.3, 0.4) is 0 Å². The first-order valence-corrected chi connectivity index (χ1v) is 6.82. The van der Waals surface area contributed by atoms with E-state index in [0.29, 0.717) is 0 Å². The monoisotopic (exact) mass is 246 g/mol. The van der Waals surface area contributed by atoms with Crippen molar-refractivity contribution < 1.29 is 17.9 Å². The van der Waals surface area contributed by atoms with Crippen LogP contribution in [0.5, 0.6) is 5.75 Å². The minimum atomic E-state index is -2.82. The molecule has 6 heteroatoms. The Labute approximate surface area is 93.1 Å². The molecule has 0 amide bonds. The molecule has 0 heterocycles. The van der Waals surface area contributed by atoms with Gasteiger partial charge in [-0.1, -0.05) is 12.1 Å². The van der Waals surface area contributed by atoms with Gasteiger partial charge < -0.3 is 8.92 Å². The molecular formula is C9H10O4S2. The molecule has 0 saturated carbocycles. The zero-order valence-corrected chi connectivity index (χ0v) is 9.89. The zero-order valence-electron chi connectivity index (χ0n) is 8.26. The highest BCUT2D eigenvalue weighted by atomic mass is 32.8. The minimum absolute atomic E-state index is 0.173. The number of hydrogen-bond donors (Lipinski definition) is 0. The summed E-state index contributed by atoms with van der Waals surface area (Å²) in [4.78, 5) is 11.3. The van der Waals surface area contributed by atoms with Crippen molar-refractivity contribution in [2.75, 3.05) is 13.4 Å².